The highest BCUT2D eigenvalue weighted by Crippen LogP contribution is 2.23. The minimum absolute atomic E-state index is 0.188. The van der Waals surface area contributed by atoms with Crippen LogP contribution in [0, 0.1) is 12.7 Å². The van der Waals surface area contributed by atoms with Gasteiger partial charge in [0, 0.05) is 11.1 Å². The molecule has 1 aromatic rings. The quantitative estimate of drug-likeness (QED) is 0.616. The van der Waals surface area contributed by atoms with Crippen LogP contribution in [0.5, 0.6) is 0 Å². The largest absolute Gasteiger partial charge is 0.246 e. The molecule has 0 aliphatic heterocycles. The Bertz CT molecular complexity index is 271. The third-order valence-electron chi connectivity index (χ3n) is 1.54. The van der Waals surface area contributed by atoms with E-state index in [1.165, 1.54) is 19.1 Å². The highest BCUT2D eigenvalue weighted by molar-refractivity contribution is 6.32. The SMILES string of the molecule is Cc1c(F)ccc(CF)c1Cl. The van der Waals surface area contributed by atoms with Gasteiger partial charge in [0.1, 0.15) is 12.5 Å². The van der Waals surface area contributed by atoms with Gasteiger partial charge in [-0.05, 0) is 13.0 Å². The molecule has 0 saturated heterocycles. The Balaban J connectivity index is 3.25. The smallest absolute Gasteiger partial charge is 0.127 e. The first kappa shape index (κ1) is 8.47. The Labute approximate surface area is 68.8 Å². The van der Waals surface area contributed by atoms with Gasteiger partial charge in [0.05, 0.1) is 5.02 Å². The van der Waals surface area contributed by atoms with Crippen molar-refractivity contribution in [1.82, 2.24) is 0 Å². The molecular formula is C8H7ClF2. The van der Waals surface area contributed by atoms with Crippen molar-refractivity contribution in [1.29, 1.82) is 0 Å². The summed E-state index contributed by atoms with van der Waals surface area (Å²) < 4.78 is 24.8. The standard InChI is InChI=1S/C8H7ClF2/c1-5-7(11)3-2-6(4-10)8(5)9/h2-3H,4H2,1H3. The lowest BCUT2D eigenvalue weighted by molar-refractivity contribution is 0.484. The lowest BCUT2D eigenvalue weighted by atomic mass is 10.1. The summed E-state index contributed by atoms with van der Waals surface area (Å²) in [4.78, 5) is 0. The van der Waals surface area contributed by atoms with E-state index in [0.29, 0.717) is 11.1 Å². The van der Waals surface area contributed by atoms with Gasteiger partial charge in [0.2, 0.25) is 0 Å². The zero-order valence-corrected chi connectivity index (χ0v) is 6.75. The molecule has 0 aliphatic rings. The predicted octanol–water partition coefficient (Wildman–Crippen LogP) is 3.26. The van der Waals surface area contributed by atoms with Gasteiger partial charge < -0.3 is 0 Å². The van der Waals surface area contributed by atoms with Crippen molar-refractivity contribution in [3.8, 4) is 0 Å². The van der Waals surface area contributed by atoms with Crippen LogP contribution < -0.4 is 0 Å². The molecule has 0 spiro atoms. The van der Waals surface area contributed by atoms with Gasteiger partial charge in [-0.1, -0.05) is 17.7 Å². The molecule has 11 heavy (non-hydrogen) atoms. The molecule has 0 atom stereocenters. The molecule has 0 radical (unpaired) electrons. The van der Waals surface area contributed by atoms with Crippen LogP contribution >= 0.6 is 11.6 Å². The molecule has 1 aromatic carbocycles. The lowest BCUT2D eigenvalue weighted by Gasteiger charge is -2.02. The predicted molar refractivity (Wildman–Crippen MR) is 41.0 cm³/mol. The molecule has 0 fully saturated rings. The fourth-order valence-corrected chi connectivity index (χ4v) is 1.02. The number of benzene rings is 1. The second kappa shape index (κ2) is 3.18. The van der Waals surface area contributed by atoms with Gasteiger partial charge in [-0.15, -0.1) is 0 Å². The fourth-order valence-electron chi connectivity index (χ4n) is 0.821. The first-order valence-corrected chi connectivity index (χ1v) is 3.54. The van der Waals surface area contributed by atoms with Gasteiger partial charge >= 0.3 is 0 Å². The zero-order valence-electron chi connectivity index (χ0n) is 6.00. The van der Waals surface area contributed by atoms with E-state index < -0.39 is 12.5 Å². The van der Waals surface area contributed by atoms with Crippen LogP contribution in [0.1, 0.15) is 11.1 Å². The minimum Gasteiger partial charge on any atom is -0.246 e. The molecule has 0 amide bonds. The summed E-state index contributed by atoms with van der Waals surface area (Å²) in [5, 5.41) is 0.188. The van der Waals surface area contributed by atoms with Crippen molar-refractivity contribution < 1.29 is 8.78 Å². The van der Waals surface area contributed by atoms with Crippen LogP contribution in [0.15, 0.2) is 12.1 Å². The van der Waals surface area contributed by atoms with Crippen LogP contribution in [-0.4, -0.2) is 0 Å². The number of alkyl halides is 1. The summed E-state index contributed by atoms with van der Waals surface area (Å²) in [7, 11) is 0. The van der Waals surface area contributed by atoms with E-state index in [9.17, 15) is 8.78 Å². The third kappa shape index (κ3) is 1.51. The number of rotatable bonds is 1. The van der Waals surface area contributed by atoms with E-state index >= 15 is 0 Å². The van der Waals surface area contributed by atoms with Gasteiger partial charge in [-0.2, -0.15) is 0 Å². The van der Waals surface area contributed by atoms with E-state index in [1.54, 1.807) is 0 Å². The maximum atomic E-state index is 12.7. The second-order valence-electron chi connectivity index (χ2n) is 2.28. The Morgan fingerprint density at radius 1 is 1.45 bits per heavy atom. The fraction of sp³-hybridized carbons (Fsp3) is 0.250. The Kier molecular flexibility index (Phi) is 2.45. The van der Waals surface area contributed by atoms with Gasteiger partial charge in [-0.25, -0.2) is 8.78 Å². The van der Waals surface area contributed by atoms with Gasteiger partial charge in [-0.3, -0.25) is 0 Å². The van der Waals surface area contributed by atoms with Crippen molar-refractivity contribution in [2.45, 2.75) is 13.6 Å². The van der Waals surface area contributed by atoms with E-state index in [2.05, 4.69) is 0 Å². The summed E-state index contributed by atoms with van der Waals surface area (Å²) in [6.45, 7) is 0.872. The number of hydrogen-bond acceptors (Lipinski definition) is 0. The topological polar surface area (TPSA) is 0 Å². The maximum absolute atomic E-state index is 12.7. The molecule has 0 saturated carbocycles. The van der Waals surface area contributed by atoms with Crippen molar-refractivity contribution in [3.63, 3.8) is 0 Å². The highest BCUT2D eigenvalue weighted by atomic mass is 35.5. The van der Waals surface area contributed by atoms with E-state index in [-0.39, 0.29) is 5.02 Å². The maximum Gasteiger partial charge on any atom is 0.127 e. The molecule has 0 nitrogen and oxygen atoms in total. The van der Waals surface area contributed by atoms with E-state index in [0.717, 1.165) is 0 Å². The average molecular weight is 177 g/mol. The average Bonchev–Trinajstić information content (AvgIpc) is 2.01. The van der Waals surface area contributed by atoms with Crippen LogP contribution in [0.2, 0.25) is 5.02 Å². The van der Waals surface area contributed by atoms with E-state index in [1.807, 2.05) is 0 Å². The summed E-state index contributed by atoms with van der Waals surface area (Å²) in [5.74, 6) is -0.396. The Morgan fingerprint density at radius 2 is 2.09 bits per heavy atom. The van der Waals surface area contributed by atoms with Crippen LogP contribution in [0.25, 0.3) is 0 Å². The molecule has 0 N–H and O–H groups in total. The van der Waals surface area contributed by atoms with Crippen LogP contribution in [0.4, 0.5) is 8.78 Å². The normalized spacial score (nSPS) is 10.2. The third-order valence-corrected chi connectivity index (χ3v) is 2.07. The van der Waals surface area contributed by atoms with E-state index in [4.69, 9.17) is 11.6 Å². The molecule has 0 bridgehead atoms. The zero-order chi connectivity index (χ0) is 8.43. The monoisotopic (exact) mass is 176 g/mol. The minimum atomic E-state index is -0.653. The Morgan fingerprint density at radius 3 is 2.64 bits per heavy atom. The molecule has 3 heteroatoms. The molecule has 0 heterocycles. The Hall–Kier alpha value is -0.630. The van der Waals surface area contributed by atoms with Crippen LogP contribution in [0.3, 0.4) is 0 Å². The number of hydrogen-bond donors (Lipinski definition) is 0. The van der Waals surface area contributed by atoms with Crippen molar-refractivity contribution in [2.75, 3.05) is 0 Å². The van der Waals surface area contributed by atoms with Gasteiger partial charge in [0.25, 0.3) is 0 Å². The van der Waals surface area contributed by atoms with Crippen molar-refractivity contribution in [3.05, 3.63) is 34.1 Å². The second-order valence-corrected chi connectivity index (χ2v) is 2.66. The summed E-state index contributed by atoms with van der Waals surface area (Å²) in [6, 6.07) is 2.57. The molecular weight excluding hydrogens is 170 g/mol. The molecule has 1 rings (SSSR count). The van der Waals surface area contributed by atoms with Gasteiger partial charge in [0.15, 0.2) is 0 Å². The highest BCUT2D eigenvalue weighted by Gasteiger charge is 2.06. The van der Waals surface area contributed by atoms with Crippen molar-refractivity contribution >= 4 is 11.6 Å². The first-order chi connectivity index (χ1) is 5.16. The molecule has 0 aromatic heterocycles. The summed E-state index contributed by atoms with van der Waals surface area (Å²) in [5.41, 5.74) is 0.646. The lowest BCUT2D eigenvalue weighted by Crippen LogP contribution is -1.88. The number of halogens is 3. The summed E-state index contributed by atoms with van der Waals surface area (Å²) >= 11 is 5.62. The van der Waals surface area contributed by atoms with Crippen LogP contribution in [-0.2, 0) is 6.67 Å². The first-order valence-electron chi connectivity index (χ1n) is 3.16. The molecule has 0 aliphatic carbocycles. The molecule has 60 valence electrons. The molecule has 0 unspecified atom stereocenters. The summed E-state index contributed by atoms with van der Waals surface area (Å²) in [6.07, 6.45) is 0. The van der Waals surface area contributed by atoms with Crippen molar-refractivity contribution in [2.24, 2.45) is 0 Å².